The number of esters is 1. The van der Waals surface area contributed by atoms with Crippen molar-refractivity contribution < 1.29 is 23.9 Å². The predicted molar refractivity (Wildman–Crippen MR) is 83.1 cm³/mol. The van der Waals surface area contributed by atoms with E-state index < -0.39 is 17.9 Å². The van der Waals surface area contributed by atoms with Crippen LogP contribution in [0.25, 0.3) is 0 Å². The van der Waals surface area contributed by atoms with E-state index in [4.69, 9.17) is 21.1 Å². The number of benzene rings is 1. The molecule has 0 aliphatic carbocycles. The van der Waals surface area contributed by atoms with Crippen LogP contribution < -0.4 is 4.74 Å². The van der Waals surface area contributed by atoms with E-state index in [1.54, 1.807) is 24.3 Å². The van der Waals surface area contributed by atoms with Crippen LogP contribution in [0, 0.1) is 0 Å². The van der Waals surface area contributed by atoms with Crippen molar-refractivity contribution in [2.75, 3.05) is 13.2 Å². The summed E-state index contributed by atoms with van der Waals surface area (Å²) in [6.07, 6.45) is 1.12. The molecule has 1 saturated heterocycles. The van der Waals surface area contributed by atoms with E-state index >= 15 is 0 Å². The highest BCUT2D eigenvalue weighted by molar-refractivity contribution is 6.30. The highest BCUT2D eigenvalue weighted by Gasteiger charge is 2.41. The van der Waals surface area contributed by atoms with Gasteiger partial charge in [0.05, 0.1) is 6.61 Å². The summed E-state index contributed by atoms with van der Waals surface area (Å²) < 4.78 is 10.4. The van der Waals surface area contributed by atoms with Gasteiger partial charge in [-0.1, -0.05) is 18.5 Å². The zero-order valence-electron chi connectivity index (χ0n) is 12.8. The van der Waals surface area contributed by atoms with Gasteiger partial charge in [-0.15, -0.1) is 0 Å². The maximum atomic E-state index is 12.2. The summed E-state index contributed by atoms with van der Waals surface area (Å²) in [6, 6.07) is 5.65. The van der Waals surface area contributed by atoms with Crippen molar-refractivity contribution in [2.24, 2.45) is 0 Å². The molecule has 1 aliphatic heterocycles. The molecule has 2 amide bonds. The van der Waals surface area contributed by atoms with Crippen molar-refractivity contribution in [1.29, 1.82) is 0 Å². The van der Waals surface area contributed by atoms with Crippen LogP contribution in [-0.2, 0) is 19.1 Å². The number of hydrogen-bond acceptors (Lipinski definition) is 5. The first-order valence-corrected chi connectivity index (χ1v) is 7.80. The predicted octanol–water partition coefficient (Wildman–Crippen LogP) is 2.19. The van der Waals surface area contributed by atoms with Gasteiger partial charge in [0.2, 0.25) is 5.91 Å². The summed E-state index contributed by atoms with van der Waals surface area (Å²) in [6.45, 7) is 1.81. The standard InChI is InChI=1S/C16H18ClNO5/c1-2-9-22-16(21)13-7-8-14(19)18(13)15(20)10-23-12-5-3-11(17)4-6-12/h3-6,13H,2,7-10H2,1H3. The van der Waals surface area contributed by atoms with E-state index in [0.29, 0.717) is 17.2 Å². The maximum absolute atomic E-state index is 12.2. The lowest BCUT2D eigenvalue weighted by Crippen LogP contribution is -2.45. The van der Waals surface area contributed by atoms with Crippen LogP contribution in [0.4, 0.5) is 0 Å². The highest BCUT2D eigenvalue weighted by atomic mass is 35.5. The largest absolute Gasteiger partial charge is 0.484 e. The van der Waals surface area contributed by atoms with Gasteiger partial charge in [-0.25, -0.2) is 4.79 Å². The van der Waals surface area contributed by atoms with Crippen LogP contribution in [0.3, 0.4) is 0 Å². The number of ether oxygens (including phenoxy) is 2. The Bertz CT molecular complexity index is 587. The summed E-state index contributed by atoms with van der Waals surface area (Å²) >= 11 is 5.77. The highest BCUT2D eigenvalue weighted by Crippen LogP contribution is 2.21. The number of nitrogens with zero attached hydrogens (tertiary/aromatic N) is 1. The Balaban J connectivity index is 1.96. The molecular formula is C16H18ClNO5. The van der Waals surface area contributed by atoms with Crippen molar-refractivity contribution in [3.63, 3.8) is 0 Å². The summed E-state index contributed by atoms with van der Waals surface area (Å²) in [5.74, 6) is -1.02. The van der Waals surface area contributed by atoms with E-state index in [1.807, 2.05) is 6.92 Å². The van der Waals surface area contributed by atoms with Gasteiger partial charge in [0.25, 0.3) is 5.91 Å². The van der Waals surface area contributed by atoms with Crippen LogP contribution in [0.1, 0.15) is 26.2 Å². The Kier molecular flexibility index (Phi) is 5.98. The number of carbonyl (C=O) groups excluding carboxylic acids is 3. The zero-order chi connectivity index (χ0) is 16.8. The first-order chi connectivity index (χ1) is 11.0. The molecule has 1 aliphatic rings. The van der Waals surface area contributed by atoms with Crippen LogP contribution in [0.2, 0.25) is 5.02 Å². The van der Waals surface area contributed by atoms with E-state index in [2.05, 4.69) is 0 Å². The minimum Gasteiger partial charge on any atom is -0.484 e. The smallest absolute Gasteiger partial charge is 0.329 e. The minimum atomic E-state index is -0.852. The van der Waals surface area contributed by atoms with Crippen molar-refractivity contribution in [2.45, 2.75) is 32.2 Å². The zero-order valence-corrected chi connectivity index (χ0v) is 13.5. The van der Waals surface area contributed by atoms with Crippen LogP contribution in [0.15, 0.2) is 24.3 Å². The molecule has 1 aromatic rings. The van der Waals surface area contributed by atoms with Gasteiger partial charge < -0.3 is 9.47 Å². The monoisotopic (exact) mass is 339 g/mol. The third kappa shape index (κ3) is 4.45. The molecule has 0 radical (unpaired) electrons. The molecule has 7 heteroatoms. The second kappa shape index (κ2) is 7.97. The first-order valence-electron chi connectivity index (χ1n) is 7.42. The number of halogens is 1. The molecule has 0 N–H and O–H groups in total. The summed E-state index contributed by atoms with van der Waals surface area (Å²) in [4.78, 5) is 37.0. The fourth-order valence-corrected chi connectivity index (χ4v) is 2.39. The molecule has 23 heavy (non-hydrogen) atoms. The van der Waals surface area contributed by atoms with Gasteiger partial charge in [0.15, 0.2) is 6.61 Å². The first kappa shape index (κ1) is 17.3. The Morgan fingerprint density at radius 1 is 1.30 bits per heavy atom. The maximum Gasteiger partial charge on any atom is 0.329 e. The number of hydrogen-bond donors (Lipinski definition) is 0. The van der Waals surface area contributed by atoms with Gasteiger partial charge in [-0.2, -0.15) is 0 Å². The molecule has 2 rings (SSSR count). The molecule has 0 spiro atoms. The Labute approximate surface area is 139 Å². The van der Waals surface area contributed by atoms with Gasteiger partial charge in [0, 0.05) is 11.4 Å². The Hall–Kier alpha value is -2.08. The van der Waals surface area contributed by atoms with Crippen molar-refractivity contribution >= 4 is 29.4 Å². The lowest BCUT2D eigenvalue weighted by atomic mass is 10.2. The van der Waals surface area contributed by atoms with Crippen LogP contribution >= 0.6 is 11.6 Å². The molecule has 0 bridgehead atoms. The molecule has 1 fully saturated rings. The molecule has 1 heterocycles. The molecule has 124 valence electrons. The Morgan fingerprint density at radius 2 is 2.00 bits per heavy atom. The number of likely N-dealkylation sites (tertiary alicyclic amines) is 1. The van der Waals surface area contributed by atoms with E-state index in [-0.39, 0.29) is 32.0 Å². The molecule has 1 unspecified atom stereocenters. The lowest BCUT2D eigenvalue weighted by Gasteiger charge is -2.21. The van der Waals surface area contributed by atoms with E-state index in [9.17, 15) is 14.4 Å². The molecule has 0 aromatic heterocycles. The summed E-state index contributed by atoms with van der Waals surface area (Å²) in [5, 5.41) is 0.553. The van der Waals surface area contributed by atoms with Gasteiger partial charge in [0.1, 0.15) is 11.8 Å². The molecule has 6 nitrogen and oxygen atoms in total. The number of carbonyl (C=O) groups is 3. The van der Waals surface area contributed by atoms with Gasteiger partial charge >= 0.3 is 5.97 Å². The second-order valence-electron chi connectivity index (χ2n) is 5.12. The number of imide groups is 1. The van der Waals surface area contributed by atoms with Gasteiger partial charge in [-0.05, 0) is 37.1 Å². The quantitative estimate of drug-likeness (QED) is 0.743. The third-order valence-corrected chi connectivity index (χ3v) is 3.63. The molecular weight excluding hydrogens is 322 g/mol. The fourth-order valence-electron chi connectivity index (χ4n) is 2.26. The minimum absolute atomic E-state index is 0.151. The Morgan fingerprint density at radius 3 is 2.65 bits per heavy atom. The average molecular weight is 340 g/mol. The van der Waals surface area contributed by atoms with Crippen molar-refractivity contribution in [3.05, 3.63) is 29.3 Å². The van der Waals surface area contributed by atoms with E-state index in [0.717, 1.165) is 4.90 Å². The van der Waals surface area contributed by atoms with Crippen LogP contribution in [0.5, 0.6) is 5.75 Å². The number of amides is 2. The lowest BCUT2D eigenvalue weighted by molar-refractivity contribution is -0.158. The fraction of sp³-hybridized carbons (Fsp3) is 0.438. The van der Waals surface area contributed by atoms with Crippen molar-refractivity contribution in [1.82, 2.24) is 4.90 Å². The second-order valence-corrected chi connectivity index (χ2v) is 5.56. The molecule has 1 atom stereocenters. The van der Waals surface area contributed by atoms with Crippen LogP contribution in [-0.4, -0.2) is 41.9 Å². The normalized spacial score (nSPS) is 17.2. The molecule has 1 aromatic carbocycles. The molecule has 0 saturated carbocycles. The summed E-state index contributed by atoms with van der Waals surface area (Å²) in [7, 11) is 0. The third-order valence-electron chi connectivity index (χ3n) is 3.38. The van der Waals surface area contributed by atoms with E-state index in [1.165, 1.54) is 0 Å². The number of rotatable bonds is 6. The topological polar surface area (TPSA) is 72.9 Å². The average Bonchev–Trinajstić information content (AvgIpc) is 2.93. The van der Waals surface area contributed by atoms with Crippen molar-refractivity contribution in [3.8, 4) is 5.75 Å². The SMILES string of the molecule is CCCOC(=O)C1CCC(=O)N1C(=O)COc1ccc(Cl)cc1. The van der Waals surface area contributed by atoms with Gasteiger partial charge in [-0.3, -0.25) is 14.5 Å². The summed E-state index contributed by atoms with van der Waals surface area (Å²) in [5.41, 5.74) is 0.